The van der Waals surface area contributed by atoms with Gasteiger partial charge in [-0.2, -0.15) is 0 Å². The Kier molecular flexibility index (Phi) is 2.78. The number of benzene rings is 1. The zero-order valence-corrected chi connectivity index (χ0v) is 11.1. The van der Waals surface area contributed by atoms with Crippen LogP contribution < -0.4 is 0 Å². The Balaban J connectivity index is 2.06. The molecule has 6 nitrogen and oxygen atoms in total. The molecule has 0 fully saturated rings. The average Bonchev–Trinajstić information content (AvgIpc) is 3.04. The van der Waals surface area contributed by atoms with E-state index in [0.29, 0.717) is 11.7 Å². The zero-order valence-electron chi connectivity index (χ0n) is 11.1. The Morgan fingerprint density at radius 1 is 1.35 bits per heavy atom. The van der Waals surface area contributed by atoms with Crippen LogP contribution in [0.5, 0.6) is 0 Å². The Morgan fingerprint density at radius 3 is 2.80 bits per heavy atom. The van der Waals surface area contributed by atoms with Crippen molar-refractivity contribution in [1.29, 1.82) is 0 Å². The number of carboxylic acids is 1. The van der Waals surface area contributed by atoms with Gasteiger partial charge in [0.2, 0.25) is 5.76 Å². The highest BCUT2D eigenvalue weighted by molar-refractivity contribution is 5.87. The minimum absolute atomic E-state index is 0.173. The lowest BCUT2D eigenvalue weighted by molar-refractivity contribution is 0.0652. The lowest BCUT2D eigenvalue weighted by Gasteiger charge is -2.07. The SMILES string of the molecule is CC(C)n1cnc2cc(-c3cc(C(=O)O)on3)ccc21. The maximum atomic E-state index is 10.8. The van der Waals surface area contributed by atoms with Gasteiger partial charge in [-0.3, -0.25) is 0 Å². The van der Waals surface area contributed by atoms with Crippen molar-refractivity contribution in [3.8, 4) is 11.3 Å². The number of hydrogen-bond donors (Lipinski definition) is 1. The van der Waals surface area contributed by atoms with Crippen LogP contribution >= 0.6 is 0 Å². The summed E-state index contributed by atoms with van der Waals surface area (Å²) in [6, 6.07) is 7.44. The van der Waals surface area contributed by atoms with Gasteiger partial charge in [0.15, 0.2) is 0 Å². The van der Waals surface area contributed by atoms with Gasteiger partial charge in [-0.15, -0.1) is 0 Å². The van der Waals surface area contributed by atoms with Gasteiger partial charge in [0.1, 0.15) is 5.69 Å². The van der Waals surface area contributed by atoms with Crippen LogP contribution in [-0.4, -0.2) is 25.8 Å². The number of hydrogen-bond acceptors (Lipinski definition) is 4. The number of fused-ring (bicyclic) bond motifs is 1. The third-order valence-electron chi connectivity index (χ3n) is 3.15. The maximum absolute atomic E-state index is 10.8. The highest BCUT2D eigenvalue weighted by atomic mass is 16.5. The predicted octanol–water partition coefficient (Wildman–Crippen LogP) is 2.97. The van der Waals surface area contributed by atoms with Gasteiger partial charge in [0, 0.05) is 17.7 Å². The number of carboxylic acid groups (broad SMARTS) is 1. The first-order valence-corrected chi connectivity index (χ1v) is 6.23. The number of rotatable bonds is 3. The lowest BCUT2D eigenvalue weighted by atomic mass is 10.1. The molecule has 102 valence electrons. The fourth-order valence-corrected chi connectivity index (χ4v) is 2.11. The van der Waals surface area contributed by atoms with Crippen LogP contribution in [0.15, 0.2) is 35.1 Å². The number of carbonyl (C=O) groups is 1. The summed E-state index contributed by atoms with van der Waals surface area (Å²) in [5.41, 5.74) is 3.15. The van der Waals surface area contributed by atoms with E-state index >= 15 is 0 Å². The third-order valence-corrected chi connectivity index (χ3v) is 3.15. The second kappa shape index (κ2) is 4.48. The first-order chi connectivity index (χ1) is 9.56. The number of nitrogens with zero attached hydrogens (tertiary/aromatic N) is 3. The van der Waals surface area contributed by atoms with Crippen LogP contribution in [-0.2, 0) is 0 Å². The summed E-state index contributed by atoms with van der Waals surface area (Å²) in [5.74, 6) is -1.30. The largest absolute Gasteiger partial charge is 0.475 e. The molecule has 0 unspecified atom stereocenters. The summed E-state index contributed by atoms with van der Waals surface area (Å²) in [4.78, 5) is 15.1. The predicted molar refractivity (Wildman–Crippen MR) is 72.6 cm³/mol. The van der Waals surface area contributed by atoms with Crippen molar-refractivity contribution in [2.75, 3.05) is 0 Å². The van der Waals surface area contributed by atoms with Crippen LogP contribution in [0, 0.1) is 0 Å². The van der Waals surface area contributed by atoms with E-state index in [1.807, 2.05) is 18.2 Å². The molecule has 0 radical (unpaired) electrons. The summed E-state index contributed by atoms with van der Waals surface area (Å²) in [5, 5.41) is 12.6. The number of aromatic nitrogens is 3. The Morgan fingerprint density at radius 2 is 2.15 bits per heavy atom. The summed E-state index contributed by atoms with van der Waals surface area (Å²) < 4.78 is 6.83. The molecule has 2 heterocycles. The summed E-state index contributed by atoms with van der Waals surface area (Å²) >= 11 is 0. The lowest BCUT2D eigenvalue weighted by Crippen LogP contribution is -1.97. The van der Waals surface area contributed by atoms with Crippen LogP contribution in [0.2, 0.25) is 0 Å². The molecular weight excluding hydrogens is 258 g/mol. The second-order valence-corrected chi connectivity index (χ2v) is 4.83. The number of imidazole rings is 1. The minimum Gasteiger partial charge on any atom is -0.475 e. The highest BCUT2D eigenvalue weighted by Gasteiger charge is 2.13. The van der Waals surface area contributed by atoms with Crippen molar-refractivity contribution in [1.82, 2.24) is 14.7 Å². The van der Waals surface area contributed by atoms with Crippen LogP contribution in [0.4, 0.5) is 0 Å². The van der Waals surface area contributed by atoms with Crippen LogP contribution in [0.25, 0.3) is 22.3 Å². The van der Waals surface area contributed by atoms with E-state index in [1.165, 1.54) is 6.07 Å². The van der Waals surface area contributed by atoms with Crippen molar-refractivity contribution in [3.05, 3.63) is 36.4 Å². The van der Waals surface area contributed by atoms with E-state index in [-0.39, 0.29) is 5.76 Å². The van der Waals surface area contributed by atoms with Crippen molar-refractivity contribution in [3.63, 3.8) is 0 Å². The van der Waals surface area contributed by atoms with Gasteiger partial charge in [0.05, 0.1) is 17.4 Å². The molecule has 0 amide bonds. The second-order valence-electron chi connectivity index (χ2n) is 4.83. The molecule has 0 saturated carbocycles. The molecule has 0 saturated heterocycles. The normalized spacial score (nSPS) is 11.3. The van der Waals surface area contributed by atoms with Gasteiger partial charge in [0.25, 0.3) is 0 Å². The summed E-state index contributed by atoms with van der Waals surface area (Å²) in [6.45, 7) is 4.18. The molecule has 3 aromatic rings. The van der Waals surface area contributed by atoms with E-state index in [0.717, 1.165) is 16.6 Å². The molecule has 3 rings (SSSR count). The third kappa shape index (κ3) is 1.95. The van der Waals surface area contributed by atoms with Crippen LogP contribution in [0.1, 0.15) is 30.4 Å². The summed E-state index contributed by atoms with van der Waals surface area (Å²) in [6.07, 6.45) is 1.80. The van der Waals surface area contributed by atoms with E-state index in [4.69, 9.17) is 9.63 Å². The monoisotopic (exact) mass is 271 g/mol. The first-order valence-electron chi connectivity index (χ1n) is 6.23. The Hall–Kier alpha value is -2.63. The molecule has 2 aromatic heterocycles. The van der Waals surface area contributed by atoms with Crippen molar-refractivity contribution < 1.29 is 14.4 Å². The molecular formula is C14H13N3O3. The highest BCUT2D eigenvalue weighted by Crippen LogP contribution is 2.25. The topological polar surface area (TPSA) is 81.2 Å². The molecule has 20 heavy (non-hydrogen) atoms. The quantitative estimate of drug-likeness (QED) is 0.792. The number of aromatic carboxylic acids is 1. The average molecular weight is 271 g/mol. The smallest absolute Gasteiger partial charge is 0.374 e. The molecule has 6 heteroatoms. The van der Waals surface area contributed by atoms with Gasteiger partial charge in [-0.1, -0.05) is 11.2 Å². The van der Waals surface area contributed by atoms with E-state index in [9.17, 15) is 4.79 Å². The summed E-state index contributed by atoms with van der Waals surface area (Å²) in [7, 11) is 0. The fourth-order valence-electron chi connectivity index (χ4n) is 2.11. The zero-order chi connectivity index (χ0) is 14.3. The Labute approximate surface area is 114 Å². The fraction of sp³-hybridized carbons (Fsp3) is 0.214. The van der Waals surface area contributed by atoms with Gasteiger partial charge in [-0.05, 0) is 26.0 Å². The van der Waals surface area contributed by atoms with E-state index in [1.54, 1.807) is 6.33 Å². The van der Waals surface area contributed by atoms with E-state index in [2.05, 4.69) is 28.6 Å². The molecule has 0 aliphatic carbocycles. The molecule has 0 spiro atoms. The molecule has 1 aromatic carbocycles. The molecule has 0 bridgehead atoms. The van der Waals surface area contributed by atoms with E-state index < -0.39 is 5.97 Å². The first kappa shape index (κ1) is 12.4. The van der Waals surface area contributed by atoms with Crippen molar-refractivity contribution in [2.45, 2.75) is 19.9 Å². The molecule has 1 N–H and O–H groups in total. The molecule has 0 atom stereocenters. The van der Waals surface area contributed by atoms with Gasteiger partial charge >= 0.3 is 5.97 Å². The van der Waals surface area contributed by atoms with Crippen molar-refractivity contribution >= 4 is 17.0 Å². The van der Waals surface area contributed by atoms with Gasteiger partial charge in [-0.25, -0.2) is 9.78 Å². The van der Waals surface area contributed by atoms with Crippen LogP contribution in [0.3, 0.4) is 0 Å². The standard InChI is InChI=1S/C14H13N3O3/c1-8(2)17-7-15-11-5-9(3-4-12(11)17)10-6-13(14(18)19)20-16-10/h3-8H,1-2H3,(H,18,19). The minimum atomic E-state index is -1.13. The molecule has 0 aliphatic rings. The van der Waals surface area contributed by atoms with Gasteiger partial charge < -0.3 is 14.2 Å². The molecule has 0 aliphatic heterocycles. The van der Waals surface area contributed by atoms with Crippen molar-refractivity contribution in [2.24, 2.45) is 0 Å². The Bertz CT molecular complexity index is 786. The maximum Gasteiger partial charge on any atom is 0.374 e.